The van der Waals surface area contributed by atoms with Crippen LogP contribution in [0.1, 0.15) is 42.6 Å². The molecule has 0 saturated carbocycles. The van der Waals surface area contributed by atoms with Crippen LogP contribution in [-0.4, -0.2) is 41.9 Å². The Morgan fingerprint density at radius 1 is 1.48 bits per heavy atom. The standard InChI is InChI=1S/C16H22N2O3/c1-13(2)21-11-4-3-8-18-16(20)15-7-9-17-12-14(15)6-5-10-19/h7,9,12-13,19H,3-4,8,10-11H2,1-2H3,(H,18,20). The van der Waals surface area contributed by atoms with E-state index in [4.69, 9.17) is 9.84 Å². The molecule has 0 bridgehead atoms. The van der Waals surface area contributed by atoms with E-state index < -0.39 is 0 Å². The van der Waals surface area contributed by atoms with Gasteiger partial charge >= 0.3 is 0 Å². The Balaban J connectivity index is 2.42. The van der Waals surface area contributed by atoms with Crippen molar-refractivity contribution >= 4 is 5.91 Å². The Bertz CT molecular complexity index is 504. The minimum absolute atomic E-state index is 0.176. The van der Waals surface area contributed by atoms with Crippen molar-refractivity contribution in [3.05, 3.63) is 29.6 Å². The van der Waals surface area contributed by atoms with Gasteiger partial charge in [0.15, 0.2) is 0 Å². The maximum Gasteiger partial charge on any atom is 0.252 e. The fourth-order valence-corrected chi connectivity index (χ4v) is 1.67. The highest BCUT2D eigenvalue weighted by atomic mass is 16.5. The lowest BCUT2D eigenvalue weighted by Crippen LogP contribution is -2.25. The summed E-state index contributed by atoms with van der Waals surface area (Å²) in [6.07, 6.45) is 5.08. The Hall–Kier alpha value is -1.90. The lowest BCUT2D eigenvalue weighted by molar-refractivity contribution is 0.0754. The third-order valence-corrected chi connectivity index (χ3v) is 2.68. The van der Waals surface area contributed by atoms with E-state index in [2.05, 4.69) is 22.1 Å². The van der Waals surface area contributed by atoms with Gasteiger partial charge in [0.2, 0.25) is 0 Å². The number of carbonyl (C=O) groups excluding carboxylic acids is 1. The first-order chi connectivity index (χ1) is 10.1. The van der Waals surface area contributed by atoms with Crippen LogP contribution in [0.4, 0.5) is 0 Å². The third kappa shape index (κ3) is 6.89. The zero-order valence-corrected chi connectivity index (χ0v) is 12.6. The minimum atomic E-state index is -0.244. The van der Waals surface area contributed by atoms with Crippen LogP contribution >= 0.6 is 0 Å². The third-order valence-electron chi connectivity index (χ3n) is 2.68. The van der Waals surface area contributed by atoms with E-state index in [9.17, 15) is 4.79 Å². The summed E-state index contributed by atoms with van der Waals surface area (Å²) in [7, 11) is 0. The first kappa shape index (κ1) is 17.2. The number of pyridine rings is 1. The summed E-state index contributed by atoms with van der Waals surface area (Å²) in [5.41, 5.74) is 0.997. The molecule has 0 saturated heterocycles. The van der Waals surface area contributed by atoms with Gasteiger partial charge < -0.3 is 15.2 Å². The predicted octanol–water partition coefficient (Wildman–Crippen LogP) is 1.36. The molecule has 0 aliphatic rings. The van der Waals surface area contributed by atoms with Gasteiger partial charge in [-0.25, -0.2) is 0 Å². The van der Waals surface area contributed by atoms with Crippen LogP contribution in [0.25, 0.3) is 0 Å². The molecule has 114 valence electrons. The van der Waals surface area contributed by atoms with E-state index in [1.54, 1.807) is 12.3 Å². The number of nitrogens with one attached hydrogen (secondary N) is 1. The number of rotatable bonds is 7. The molecule has 0 atom stereocenters. The summed E-state index contributed by atoms with van der Waals surface area (Å²) in [4.78, 5) is 16.0. The van der Waals surface area contributed by atoms with Crippen molar-refractivity contribution in [2.75, 3.05) is 19.8 Å². The molecule has 0 aliphatic carbocycles. The molecule has 0 spiro atoms. The quantitative estimate of drug-likeness (QED) is 0.587. The maximum absolute atomic E-state index is 12.1. The molecule has 0 aromatic carbocycles. The number of unbranched alkanes of at least 4 members (excludes halogenated alkanes) is 1. The number of ether oxygens (including phenoxy) is 1. The maximum atomic E-state index is 12.1. The molecule has 5 heteroatoms. The van der Waals surface area contributed by atoms with Crippen molar-refractivity contribution in [1.82, 2.24) is 10.3 Å². The lowest BCUT2D eigenvalue weighted by Gasteiger charge is -2.08. The second kappa shape index (κ2) is 9.92. The van der Waals surface area contributed by atoms with Crippen LogP contribution < -0.4 is 5.32 Å². The van der Waals surface area contributed by atoms with Crippen LogP contribution in [-0.2, 0) is 4.74 Å². The minimum Gasteiger partial charge on any atom is -0.384 e. The summed E-state index contributed by atoms with van der Waals surface area (Å²) in [6, 6.07) is 1.62. The molecule has 0 aliphatic heterocycles. The van der Waals surface area contributed by atoms with Gasteiger partial charge in [-0.2, -0.15) is 0 Å². The van der Waals surface area contributed by atoms with Crippen LogP contribution in [0.3, 0.4) is 0 Å². The smallest absolute Gasteiger partial charge is 0.252 e. The number of aromatic nitrogens is 1. The molecule has 0 fully saturated rings. The largest absolute Gasteiger partial charge is 0.384 e. The topological polar surface area (TPSA) is 71.5 Å². The Kier molecular flexibility index (Phi) is 8.10. The Morgan fingerprint density at radius 2 is 2.29 bits per heavy atom. The number of nitrogens with zero attached hydrogens (tertiary/aromatic N) is 1. The van der Waals surface area contributed by atoms with Crippen molar-refractivity contribution < 1.29 is 14.6 Å². The number of aliphatic hydroxyl groups excluding tert-OH is 1. The zero-order chi connectivity index (χ0) is 15.5. The SMILES string of the molecule is CC(C)OCCCCNC(=O)c1ccncc1C#CCO. The molecule has 1 heterocycles. The molecule has 5 nitrogen and oxygen atoms in total. The first-order valence-corrected chi connectivity index (χ1v) is 7.08. The Morgan fingerprint density at radius 3 is 3.00 bits per heavy atom. The van der Waals surface area contributed by atoms with Crippen LogP contribution in [0.2, 0.25) is 0 Å². The number of hydrogen-bond donors (Lipinski definition) is 2. The van der Waals surface area contributed by atoms with Crippen LogP contribution in [0.5, 0.6) is 0 Å². The van der Waals surface area contributed by atoms with Gasteiger partial charge in [0.25, 0.3) is 5.91 Å². The Labute approximate surface area is 125 Å². The zero-order valence-electron chi connectivity index (χ0n) is 12.6. The first-order valence-electron chi connectivity index (χ1n) is 7.08. The van der Waals surface area contributed by atoms with Crippen LogP contribution in [0.15, 0.2) is 18.5 Å². The number of aliphatic hydroxyl groups is 1. The monoisotopic (exact) mass is 290 g/mol. The van der Waals surface area contributed by atoms with Gasteiger partial charge in [-0.15, -0.1) is 0 Å². The summed E-state index contributed by atoms with van der Waals surface area (Å²) >= 11 is 0. The predicted molar refractivity (Wildman–Crippen MR) is 80.9 cm³/mol. The van der Waals surface area contributed by atoms with E-state index in [1.165, 1.54) is 6.20 Å². The van der Waals surface area contributed by atoms with Gasteiger partial charge in [0.1, 0.15) is 6.61 Å². The molecule has 1 aromatic heterocycles. The molecule has 2 N–H and O–H groups in total. The fourth-order valence-electron chi connectivity index (χ4n) is 1.67. The molecule has 21 heavy (non-hydrogen) atoms. The molecule has 1 amide bonds. The van der Waals surface area contributed by atoms with Gasteiger partial charge in [0.05, 0.1) is 17.2 Å². The molecule has 0 radical (unpaired) electrons. The van der Waals surface area contributed by atoms with Crippen molar-refractivity contribution in [2.24, 2.45) is 0 Å². The molecule has 1 aromatic rings. The van der Waals surface area contributed by atoms with Crippen molar-refractivity contribution in [3.8, 4) is 11.8 Å². The van der Waals surface area contributed by atoms with E-state index in [0.29, 0.717) is 24.3 Å². The van der Waals surface area contributed by atoms with E-state index in [0.717, 1.165) is 12.8 Å². The van der Waals surface area contributed by atoms with E-state index >= 15 is 0 Å². The normalized spacial score (nSPS) is 10.1. The van der Waals surface area contributed by atoms with Gasteiger partial charge in [-0.3, -0.25) is 9.78 Å². The highest BCUT2D eigenvalue weighted by Crippen LogP contribution is 2.05. The van der Waals surface area contributed by atoms with Crippen LogP contribution in [0, 0.1) is 11.8 Å². The van der Waals surface area contributed by atoms with Gasteiger partial charge in [-0.05, 0) is 32.8 Å². The summed E-state index contributed by atoms with van der Waals surface area (Å²) in [5, 5.41) is 11.6. The van der Waals surface area contributed by atoms with Crippen molar-refractivity contribution in [1.29, 1.82) is 0 Å². The summed E-state index contributed by atoms with van der Waals surface area (Å²) < 4.78 is 5.43. The molecule has 1 rings (SSSR count). The number of carbonyl (C=O) groups is 1. The van der Waals surface area contributed by atoms with E-state index in [1.807, 2.05) is 13.8 Å². The fraction of sp³-hybridized carbons (Fsp3) is 0.500. The average molecular weight is 290 g/mol. The highest BCUT2D eigenvalue weighted by molar-refractivity contribution is 5.96. The second-order valence-corrected chi connectivity index (χ2v) is 4.76. The summed E-state index contributed by atoms with van der Waals surface area (Å²) in [6.45, 7) is 5.05. The lowest BCUT2D eigenvalue weighted by atomic mass is 10.1. The second-order valence-electron chi connectivity index (χ2n) is 4.76. The number of amides is 1. The average Bonchev–Trinajstić information content (AvgIpc) is 2.48. The molecular weight excluding hydrogens is 268 g/mol. The van der Waals surface area contributed by atoms with Gasteiger partial charge in [0, 0.05) is 25.5 Å². The van der Waals surface area contributed by atoms with Crippen molar-refractivity contribution in [3.63, 3.8) is 0 Å². The highest BCUT2D eigenvalue weighted by Gasteiger charge is 2.09. The molecular formula is C16H22N2O3. The van der Waals surface area contributed by atoms with Gasteiger partial charge in [-0.1, -0.05) is 11.8 Å². The summed E-state index contributed by atoms with van der Waals surface area (Å²) in [5.74, 6) is 5.07. The van der Waals surface area contributed by atoms with E-state index in [-0.39, 0.29) is 18.6 Å². The van der Waals surface area contributed by atoms with Crippen molar-refractivity contribution in [2.45, 2.75) is 32.8 Å². The number of hydrogen-bond acceptors (Lipinski definition) is 4. The molecule has 0 unspecified atom stereocenters.